The lowest BCUT2D eigenvalue weighted by Gasteiger charge is -2.16. The van der Waals surface area contributed by atoms with Gasteiger partial charge in [-0.1, -0.05) is 30.3 Å². The zero-order chi connectivity index (χ0) is 18.1. The number of pyridine rings is 1. The smallest absolute Gasteiger partial charge is 0.310 e. The maximum atomic E-state index is 12.4. The van der Waals surface area contributed by atoms with Crippen molar-refractivity contribution in [3.05, 3.63) is 60.0 Å². The number of hydrogen-bond acceptors (Lipinski definition) is 5. The highest BCUT2D eigenvalue weighted by Crippen LogP contribution is 2.34. The highest BCUT2D eigenvalue weighted by molar-refractivity contribution is 5.76. The fraction of sp³-hybridized carbons (Fsp3) is 0.350. The number of carbonyl (C=O) groups is 1. The Morgan fingerprint density at radius 2 is 2.04 bits per heavy atom. The third kappa shape index (κ3) is 3.08. The van der Waals surface area contributed by atoms with Gasteiger partial charge in [0, 0.05) is 38.8 Å². The van der Waals surface area contributed by atoms with Crippen LogP contribution in [-0.4, -0.2) is 45.6 Å². The summed E-state index contributed by atoms with van der Waals surface area (Å²) in [6.07, 6.45) is 3.63. The Labute approximate surface area is 152 Å². The number of imidazole rings is 1. The fourth-order valence-corrected chi connectivity index (χ4v) is 3.82. The Hall–Kier alpha value is -2.73. The Bertz CT molecular complexity index is 922. The van der Waals surface area contributed by atoms with E-state index in [1.807, 2.05) is 36.0 Å². The van der Waals surface area contributed by atoms with Gasteiger partial charge in [0.2, 0.25) is 0 Å². The molecular formula is C20H22N4O2. The molecule has 3 aromatic rings. The van der Waals surface area contributed by atoms with Gasteiger partial charge in [0.15, 0.2) is 5.65 Å². The second kappa shape index (κ2) is 6.88. The van der Waals surface area contributed by atoms with Crippen LogP contribution in [0.4, 0.5) is 0 Å². The molecule has 26 heavy (non-hydrogen) atoms. The lowest BCUT2D eigenvalue weighted by atomic mass is 9.90. The molecule has 4 rings (SSSR count). The van der Waals surface area contributed by atoms with Crippen LogP contribution in [0.25, 0.3) is 11.2 Å². The SMILES string of the molecule is COC(=O)[C@@H]1CN(Cc2ccccc2)C[C@@H]1c1cnc2c(c1)ncn2C. The summed E-state index contributed by atoms with van der Waals surface area (Å²) in [6.45, 7) is 2.31. The first-order valence-electron chi connectivity index (χ1n) is 8.77. The van der Waals surface area contributed by atoms with Crippen LogP contribution in [0.5, 0.6) is 0 Å². The number of benzene rings is 1. The minimum atomic E-state index is -0.188. The number of hydrogen-bond donors (Lipinski definition) is 0. The van der Waals surface area contributed by atoms with Crippen molar-refractivity contribution in [2.75, 3.05) is 20.2 Å². The van der Waals surface area contributed by atoms with Gasteiger partial charge in [-0.2, -0.15) is 0 Å². The Morgan fingerprint density at radius 3 is 2.81 bits per heavy atom. The molecule has 6 nitrogen and oxygen atoms in total. The van der Waals surface area contributed by atoms with Crippen LogP contribution in [-0.2, 0) is 23.1 Å². The first kappa shape index (κ1) is 16.7. The van der Waals surface area contributed by atoms with E-state index < -0.39 is 0 Å². The van der Waals surface area contributed by atoms with Crippen LogP contribution in [0, 0.1) is 5.92 Å². The van der Waals surface area contributed by atoms with Crippen LogP contribution in [0.2, 0.25) is 0 Å². The Balaban J connectivity index is 1.61. The van der Waals surface area contributed by atoms with Crippen LogP contribution >= 0.6 is 0 Å². The van der Waals surface area contributed by atoms with E-state index in [0.717, 1.165) is 29.8 Å². The standard InChI is InChI=1S/C20H22N4O2/c1-23-13-22-18-8-15(9-21-19(18)23)16-11-24(12-17(16)20(25)26-2)10-14-6-4-3-5-7-14/h3-9,13,16-17H,10-12H2,1-2H3/t16-,17-/m1/s1. The molecule has 6 heteroatoms. The number of aryl methyl sites for hydroxylation is 1. The van der Waals surface area contributed by atoms with Gasteiger partial charge in [0.1, 0.15) is 5.52 Å². The molecule has 0 unspecified atom stereocenters. The summed E-state index contributed by atoms with van der Waals surface area (Å²) in [5, 5.41) is 0. The summed E-state index contributed by atoms with van der Waals surface area (Å²) in [6, 6.07) is 12.4. The van der Waals surface area contributed by atoms with E-state index in [-0.39, 0.29) is 17.8 Å². The van der Waals surface area contributed by atoms with Crippen molar-refractivity contribution in [2.45, 2.75) is 12.5 Å². The molecule has 0 saturated carbocycles. The zero-order valence-corrected chi connectivity index (χ0v) is 15.0. The average Bonchev–Trinajstić information content (AvgIpc) is 3.25. The van der Waals surface area contributed by atoms with Crippen molar-refractivity contribution >= 4 is 17.1 Å². The lowest BCUT2D eigenvalue weighted by molar-refractivity contribution is -0.145. The number of carbonyl (C=O) groups excluding carboxylic acids is 1. The molecule has 3 heterocycles. The Kier molecular flexibility index (Phi) is 4.42. The van der Waals surface area contributed by atoms with Gasteiger partial charge in [-0.05, 0) is 17.2 Å². The number of rotatable bonds is 4. The summed E-state index contributed by atoms with van der Waals surface area (Å²) >= 11 is 0. The molecule has 1 saturated heterocycles. The zero-order valence-electron chi connectivity index (χ0n) is 15.0. The number of aromatic nitrogens is 3. The maximum absolute atomic E-state index is 12.4. The molecular weight excluding hydrogens is 328 g/mol. The predicted molar refractivity (Wildman–Crippen MR) is 98.5 cm³/mol. The predicted octanol–water partition coefficient (Wildman–Crippen LogP) is 2.36. The number of nitrogens with zero attached hydrogens (tertiary/aromatic N) is 4. The topological polar surface area (TPSA) is 60.2 Å². The van der Waals surface area contributed by atoms with Gasteiger partial charge in [0.25, 0.3) is 0 Å². The van der Waals surface area contributed by atoms with Crippen molar-refractivity contribution in [3.8, 4) is 0 Å². The number of esters is 1. The van der Waals surface area contributed by atoms with Gasteiger partial charge in [0.05, 0.1) is 19.4 Å². The molecule has 1 aliphatic rings. The highest BCUT2D eigenvalue weighted by Gasteiger charge is 2.39. The summed E-state index contributed by atoms with van der Waals surface area (Å²) in [4.78, 5) is 23.6. The largest absolute Gasteiger partial charge is 0.469 e. The molecule has 0 bridgehead atoms. The van der Waals surface area contributed by atoms with Crippen molar-refractivity contribution in [1.82, 2.24) is 19.4 Å². The molecule has 0 spiro atoms. The second-order valence-electron chi connectivity index (χ2n) is 6.88. The molecule has 134 valence electrons. The van der Waals surface area contributed by atoms with E-state index in [1.54, 1.807) is 6.33 Å². The van der Waals surface area contributed by atoms with Crippen molar-refractivity contribution in [1.29, 1.82) is 0 Å². The summed E-state index contributed by atoms with van der Waals surface area (Å²) in [7, 11) is 3.38. The third-order valence-corrected chi connectivity index (χ3v) is 5.15. The van der Waals surface area contributed by atoms with E-state index in [1.165, 1.54) is 12.7 Å². The van der Waals surface area contributed by atoms with Gasteiger partial charge in [-0.25, -0.2) is 9.97 Å². The lowest BCUT2D eigenvalue weighted by Crippen LogP contribution is -2.24. The first-order valence-corrected chi connectivity index (χ1v) is 8.77. The highest BCUT2D eigenvalue weighted by atomic mass is 16.5. The average molecular weight is 350 g/mol. The van der Waals surface area contributed by atoms with Gasteiger partial charge in [-0.3, -0.25) is 9.69 Å². The monoisotopic (exact) mass is 350 g/mol. The van der Waals surface area contributed by atoms with Crippen LogP contribution < -0.4 is 0 Å². The number of methoxy groups -OCH3 is 1. The molecule has 2 aromatic heterocycles. The molecule has 2 atom stereocenters. The molecule has 1 aliphatic heterocycles. The van der Waals surface area contributed by atoms with Crippen molar-refractivity contribution in [2.24, 2.45) is 13.0 Å². The maximum Gasteiger partial charge on any atom is 0.310 e. The van der Waals surface area contributed by atoms with Crippen molar-refractivity contribution < 1.29 is 9.53 Å². The van der Waals surface area contributed by atoms with E-state index in [0.29, 0.717) is 6.54 Å². The number of ether oxygens (including phenoxy) is 1. The van der Waals surface area contributed by atoms with E-state index in [9.17, 15) is 4.79 Å². The summed E-state index contributed by atoms with van der Waals surface area (Å²) in [5.74, 6) is -0.288. The third-order valence-electron chi connectivity index (χ3n) is 5.15. The summed E-state index contributed by atoms with van der Waals surface area (Å²) in [5.41, 5.74) is 4.00. The first-order chi connectivity index (χ1) is 12.7. The van der Waals surface area contributed by atoms with E-state index in [2.05, 4.69) is 33.1 Å². The fourth-order valence-electron chi connectivity index (χ4n) is 3.82. The molecule has 1 fully saturated rings. The van der Waals surface area contributed by atoms with E-state index >= 15 is 0 Å². The van der Waals surface area contributed by atoms with E-state index in [4.69, 9.17) is 4.74 Å². The van der Waals surface area contributed by atoms with Gasteiger partial charge in [-0.15, -0.1) is 0 Å². The van der Waals surface area contributed by atoms with Gasteiger partial charge >= 0.3 is 5.97 Å². The van der Waals surface area contributed by atoms with Crippen LogP contribution in [0.1, 0.15) is 17.0 Å². The minimum Gasteiger partial charge on any atom is -0.469 e. The molecule has 0 aliphatic carbocycles. The number of likely N-dealkylation sites (tertiary alicyclic amines) is 1. The molecule has 0 radical (unpaired) electrons. The van der Waals surface area contributed by atoms with Crippen LogP contribution in [0.3, 0.4) is 0 Å². The second-order valence-corrected chi connectivity index (χ2v) is 6.88. The van der Waals surface area contributed by atoms with Gasteiger partial charge < -0.3 is 9.30 Å². The Morgan fingerprint density at radius 1 is 1.23 bits per heavy atom. The molecule has 0 amide bonds. The minimum absolute atomic E-state index is 0.0602. The molecule has 1 aromatic carbocycles. The quantitative estimate of drug-likeness (QED) is 0.676. The summed E-state index contributed by atoms with van der Waals surface area (Å²) < 4.78 is 6.97. The number of fused-ring (bicyclic) bond motifs is 1. The van der Waals surface area contributed by atoms with Crippen molar-refractivity contribution in [3.63, 3.8) is 0 Å². The molecule has 0 N–H and O–H groups in total. The normalized spacial score (nSPS) is 20.5. The van der Waals surface area contributed by atoms with Crippen LogP contribution in [0.15, 0.2) is 48.9 Å².